The van der Waals surface area contributed by atoms with Crippen molar-refractivity contribution in [1.29, 1.82) is 0 Å². The van der Waals surface area contributed by atoms with E-state index >= 15 is 0 Å². The number of aliphatic hydroxyl groups excluding tert-OH is 1. The van der Waals surface area contributed by atoms with Crippen molar-refractivity contribution in [3.05, 3.63) is 69.8 Å². The SMILES string of the molecule is CC1=C(C)C(c2ccc3ccccc3c2C(C)O)C(C)=C1C.[Cl-].[Cl-].[Ti+2]. The van der Waals surface area contributed by atoms with Gasteiger partial charge in [0.15, 0.2) is 0 Å². The summed E-state index contributed by atoms with van der Waals surface area (Å²) in [4.78, 5) is 0. The molecule has 0 bridgehead atoms. The third-order valence-electron chi connectivity index (χ3n) is 5.34. The van der Waals surface area contributed by atoms with Gasteiger partial charge in [-0.2, -0.15) is 0 Å². The predicted molar refractivity (Wildman–Crippen MR) is 94.1 cm³/mol. The van der Waals surface area contributed by atoms with E-state index in [2.05, 4.69) is 58.0 Å². The molecule has 1 nitrogen and oxygen atoms in total. The molecule has 0 aromatic heterocycles. The summed E-state index contributed by atoms with van der Waals surface area (Å²) in [6, 6.07) is 12.7. The van der Waals surface area contributed by atoms with Gasteiger partial charge in [-0.25, -0.2) is 0 Å². The molecule has 0 fully saturated rings. The summed E-state index contributed by atoms with van der Waals surface area (Å²) in [7, 11) is 0. The van der Waals surface area contributed by atoms with Gasteiger partial charge in [-0.15, -0.1) is 0 Å². The maximum Gasteiger partial charge on any atom is 2.00 e. The first-order chi connectivity index (χ1) is 10.4. The van der Waals surface area contributed by atoms with Crippen LogP contribution in [0.1, 0.15) is 57.8 Å². The van der Waals surface area contributed by atoms with E-state index in [1.54, 1.807) is 0 Å². The molecule has 0 radical (unpaired) electrons. The number of allylic oxidation sites excluding steroid dienone is 4. The second-order valence-electron chi connectivity index (χ2n) is 6.51. The fourth-order valence-electron chi connectivity index (χ4n) is 3.85. The molecule has 0 spiro atoms. The van der Waals surface area contributed by atoms with Gasteiger partial charge in [0.05, 0.1) is 6.10 Å². The van der Waals surface area contributed by atoms with Crippen molar-refractivity contribution in [1.82, 2.24) is 0 Å². The normalized spacial score (nSPS) is 15.6. The Morgan fingerprint density at radius 2 is 1.36 bits per heavy atom. The zero-order valence-corrected chi connectivity index (χ0v) is 18.4. The molecule has 0 saturated heterocycles. The van der Waals surface area contributed by atoms with Crippen molar-refractivity contribution in [3.8, 4) is 0 Å². The third kappa shape index (κ3) is 4.07. The Morgan fingerprint density at radius 1 is 0.840 bits per heavy atom. The number of halogens is 2. The third-order valence-corrected chi connectivity index (χ3v) is 5.34. The van der Waals surface area contributed by atoms with Crippen LogP contribution < -0.4 is 24.8 Å². The van der Waals surface area contributed by atoms with Crippen molar-refractivity contribution >= 4 is 10.8 Å². The topological polar surface area (TPSA) is 20.2 Å². The van der Waals surface area contributed by atoms with Crippen LogP contribution in [-0.2, 0) is 21.7 Å². The molecule has 3 rings (SSSR count). The van der Waals surface area contributed by atoms with Crippen LogP contribution in [0.25, 0.3) is 10.8 Å². The van der Waals surface area contributed by atoms with Crippen LogP contribution in [0.5, 0.6) is 0 Å². The number of hydrogen-bond donors (Lipinski definition) is 1. The Hall–Kier alpha value is -0.566. The number of benzene rings is 2. The fourth-order valence-corrected chi connectivity index (χ4v) is 3.85. The van der Waals surface area contributed by atoms with E-state index in [4.69, 9.17) is 0 Å². The molecule has 4 heteroatoms. The largest absolute Gasteiger partial charge is 2.00 e. The van der Waals surface area contributed by atoms with Crippen LogP contribution >= 0.6 is 0 Å². The van der Waals surface area contributed by atoms with E-state index in [9.17, 15) is 5.11 Å². The van der Waals surface area contributed by atoms with Crippen molar-refractivity contribution in [2.75, 3.05) is 0 Å². The molecule has 0 amide bonds. The van der Waals surface area contributed by atoms with Gasteiger partial charge >= 0.3 is 21.7 Å². The Labute approximate surface area is 178 Å². The van der Waals surface area contributed by atoms with Crippen molar-refractivity contribution in [2.45, 2.75) is 46.6 Å². The Kier molecular flexibility index (Phi) is 9.18. The molecule has 132 valence electrons. The molecule has 1 aliphatic rings. The molecule has 2 aromatic carbocycles. The van der Waals surface area contributed by atoms with Crippen LogP contribution in [0, 0.1) is 0 Å². The average Bonchev–Trinajstić information content (AvgIpc) is 2.70. The van der Waals surface area contributed by atoms with Gasteiger partial charge in [0, 0.05) is 5.92 Å². The van der Waals surface area contributed by atoms with E-state index in [0.717, 1.165) is 10.9 Å². The van der Waals surface area contributed by atoms with Gasteiger partial charge < -0.3 is 29.9 Å². The summed E-state index contributed by atoms with van der Waals surface area (Å²) in [6.07, 6.45) is -0.470. The zero-order chi connectivity index (χ0) is 16.0. The first-order valence-corrected chi connectivity index (χ1v) is 7.98. The molecule has 1 N–H and O–H groups in total. The van der Waals surface area contributed by atoms with Crippen LogP contribution in [0.2, 0.25) is 0 Å². The van der Waals surface area contributed by atoms with Gasteiger partial charge in [-0.05, 0) is 67.7 Å². The maximum atomic E-state index is 10.4. The number of hydrogen-bond acceptors (Lipinski definition) is 1. The van der Waals surface area contributed by atoms with Crippen molar-refractivity contribution in [3.63, 3.8) is 0 Å². The predicted octanol–water partition coefficient (Wildman–Crippen LogP) is -0.331. The standard InChI is InChI=1S/C21H24O.2ClH.Ti/c1-12-13(2)15(4)20(14(12)3)19-11-10-17-8-6-7-9-18(17)21(19)16(5)22;;;/h6-11,16,20,22H,1-5H3;2*1H;/q;;;+2/p-2. The summed E-state index contributed by atoms with van der Waals surface area (Å²) < 4.78 is 0. The summed E-state index contributed by atoms with van der Waals surface area (Å²) >= 11 is 0. The fraction of sp³-hybridized carbons (Fsp3) is 0.333. The second kappa shape index (κ2) is 9.39. The van der Waals surface area contributed by atoms with Crippen molar-refractivity contribution in [2.24, 2.45) is 0 Å². The van der Waals surface area contributed by atoms with Crippen LogP contribution in [0.15, 0.2) is 58.7 Å². The second-order valence-corrected chi connectivity index (χ2v) is 6.51. The summed E-state index contributed by atoms with van der Waals surface area (Å²) in [5.41, 5.74) is 7.93. The van der Waals surface area contributed by atoms with Gasteiger partial charge in [-0.1, -0.05) is 47.5 Å². The quantitative estimate of drug-likeness (QED) is 0.672. The molecular formula is C21H24Cl2OTi. The van der Waals surface area contributed by atoms with Gasteiger partial charge in [0.2, 0.25) is 0 Å². The van der Waals surface area contributed by atoms with E-state index in [0.29, 0.717) is 5.92 Å². The van der Waals surface area contributed by atoms with Crippen LogP contribution in [0.4, 0.5) is 0 Å². The maximum absolute atomic E-state index is 10.4. The van der Waals surface area contributed by atoms with Crippen LogP contribution in [-0.4, -0.2) is 5.11 Å². The van der Waals surface area contributed by atoms with Gasteiger partial charge in [0.25, 0.3) is 0 Å². The van der Waals surface area contributed by atoms with E-state index in [1.165, 1.54) is 33.2 Å². The smallest absolute Gasteiger partial charge is 1.00 e. The number of aliphatic hydroxyl groups is 1. The molecule has 0 heterocycles. The minimum Gasteiger partial charge on any atom is -1.00 e. The van der Waals surface area contributed by atoms with Gasteiger partial charge in [0.1, 0.15) is 0 Å². The number of rotatable bonds is 2. The molecule has 1 aliphatic carbocycles. The molecule has 1 atom stereocenters. The van der Waals surface area contributed by atoms with Crippen LogP contribution in [0.3, 0.4) is 0 Å². The Balaban J connectivity index is 0.00000192. The minimum absolute atomic E-state index is 0. The Bertz CT molecular complexity index is 798. The zero-order valence-electron chi connectivity index (χ0n) is 15.3. The first-order valence-electron chi connectivity index (χ1n) is 7.98. The van der Waals surface area contributed by atoms with E-state index in [1.807, 2.05) is 13.0 Å². The van der Waals surface area contributed by atoms with E-state index in [-0.39, 0.29) is 46.5 Å². The Morgan fingerprint density at radius 3 is 1.88 bits per heavy atom. The monoisotopic (exact) mass is 410 g/mol. The molecule has 25 heavy (non-hydrogen) atoms. The molecule has 2 aromatic rings. The summed E-state index contributed by atoms with van der Waals surface area (Å²) in [6.45, 7) is 10.7. The minimum atomic E-state index is -0.470. The molecule has 0 aliphatic heterocycles. The molecular weight excluding hydrogens is 387 g/mol. The number of fused-ring (bicyclic) bond motifs is 1. The van der Waals surface area contributed by atoms with Crippen molar-refractivity contribution < 1.29 is 51.6 Å². The van der Waals surface area contributed by atoms with Gasteiger partial charge in [-0.3, -0.25) is 0 Å². The first kappa shape index (κ1) is 24.4. The van der Waals surface area contributed by atoms with E-state index < -0.39 is 6.10 Å². The summed E-state index contributed by atoms with van der Waals surface area (Å²) in [5.74, 6) is 0.300. The summed E-state index contributed by atoms with van der Waals surface area (Å²) in [5, 5.41) is 12.8. The average molecular weight is 411 g/mol. The molecule has 1 unspecified atom stereocenters. The molecule has 0 saturated carbocycles.